The minimum absolute atomic E-state index is 0.166. The molecular formula is C15H16N2O2. The van der Waals surface area contributed by atoms with E-state index in [1.807, 2.05) is 31.2 Å². The Morgan fingerprint density at radius 2 is 2.21 bits per heavy atom. The summed E-state index contributed by atoms with van der Waals surface area (Å²) in [5, 5.41) is 9.75. The highest BCUT2D eigenvalue weighted by molar-refractivity contribution is 5.96. The van der Waals surface area contributed by atoms with Gasteiger partial charge in [0.25, 0.3) is 5.91 Å². The van der Waals surface area contributed by atoms with Gasteiger partial charge >= 0.3 is 0 Å². The molecule has 0 bridgehead atoms. The third-order valence-electron chi connectivity index (χ3n) is 3.02. The molecule has 19 heavy (non-hydrogen) atoms. The van der Waals surface area contributed by atoms with Crippen LogP contribution in [0.1, 0.15) is 24.4 Å². The fourth-order valence-electron chi connectivity index (χ4n) is 1.97. The number of rotatable bonds is 4. The molecule has 0 radical (unpaired) electrons. The second-order valence-electron chi connectivity index (χ2n) is 4.52. The van der Waals surface area contributed by atoms with E-state index in [1.54, 1.807) is 17.9 Å². The second-order valence-corrected chi connectivity index (χ2v) is 4.52. The van der Waals surface area contributed by atoms with Crippen molar-refractivity contribution in [3.8, 4) is 6.07 Å². The maximum Gasteiger partial charge on any atom is 0.289 e. The first kappa shape index (κ1) is 13.2. The van der Waals surface area contributed by atoms with E-state index >= 15 is 0 Å². The molecule has 0 aliphatic rings. The van der Waals surface area contributed by atoms with E-state index in [-0.39, 0.29) is 11.8 Å². The molecule has 4 heteroatoms. The zero-order valence-electron chi connectivity index (χ0n) is 11.1. The number of carbonyl (C=O) groups excluding carboxylic acids is 1. The molecule has 1 atom stereocenters. The van der Waals surface area contributed by atoms with Crippen molar-refractivity contribution in [1.29, 1.82) is 5.26 Å². The summed E-state index contributed by atoms with van der Waals surface area (Å²) in [4.78, 5) is 14.0. The average Bonchev–Trinajstić information content (AvgIpc) is 2.87. The average molecular weight is 256 g/mol. The highest BCUT2D eigenvalue weighted by Gasteiger charge is 2.20. The monoisotopic (exact) mass is 256 g/mol. The van der Waals surface area contributed by atoms with Gasteiger partial charge in [0.15, 0.2) is 5.76 Å². The molecule has 1 heterocycles. The summed E-state index contributed by atoms with van der Waals surface area (Å²) in [6.45, 7) is 4.67. The van der Waals surface area contributed by atoms with Crippen LogP contribution in [0, 0.1) is 17.2 Å². The predicted molar refractivity (Wildman–Crippen MR) is 72.6 cm³/mol. The maximum atomic E-state index is 12.3. The van der Waals surface area contributed by atoms with Crippen LogP contribution in [0.25, 0.3) is 11.0 Å². The zero-order valence-corrected chi connectivity index (χ0v) is 11.1. The number of amides is 1. The molecule has 1 aromatic carbocycles. The highest BCUT2D eigenvalue weighted by Crippen LogP contribution is 2.20. The van der Waals surface area contributed by atoms with Gasteiger partial charge in [-0.3, -0.25) is 4.79 Å². The summed E-state index contributed by atoms with van der Waals surface area (Å²) < 4.78 is 5.55. The summed E-state index contributed by atoms with van der Waals surface area (Å²) in [6.07, 6.45) is 0. The Bertz CT molecular complexity index is 591. The standard InChI is InChI=1S/C15H16N2O2/c1-3-17(10-11(2)9-16)15(18)14-8-12-6-4-5-7-13(12)19-14/h4-8,11H,3,10H2,1-2H3/t11-/m0/s1. The van der Waals surface area contributed by atoms with Gasteiger partial charge in [-0.15, -0.1) is 0 Å². The van der Waals surface area contributed by atoms with Gasteiger partial charge in [-0.2, -0.15) is 5.26 Å². The van der Waals surface area contributed by atoms with Crippen molar-refractivity contribution in [3.63, 3.8) is 0 Å². The number of hydrogen-bond donors (Lipinski definition) is 0. The van der Waals surface area contributed by atoms with E-state index in [0.717, 1.165) is 5.39 Å². The van der Waals surface area contributed by atoms with E-state index in [2.05, 4.69) is 6.07 Å². The molecule has 1 aromatic heterocycles. The summed E-state index contributed by atoms with van der Waals surface area (Å²) in [6, 6.07) is 11.4. The Morgan fingerprint density at radius 3 is 2.84 bits per heavy atom. The number of fused-ring (bicyclic) bond motifs is 1. The molecule has 0 N–H and O–H groups in total. The molecule has 0 aliphatic carbocycles. The Morgan fingerprint density at radius 1 is 1.47 bits per heavy atom. The van der Waals surface area contributed by atoms with Crippen molar-refractivity contribution in [3.05, 3.63) is 36.1 Å². The smallest absolute Gasteiger partial charge is 0.289 e. The summed E-state index contributed by atoms with van der Waals surface area (Å²) in [7, 11) is 0. The van der Waals surface area contributed by atoms with Crippen LogP contribution < -0.4 is 0 Å². The third kappa shape index (κ3) is 2.76. The molecule has 4 nitrogen and oxygen atoms in total. The number of para-hydroxylation sites is 1. The molecule has 0 saturated heterocycles. The van der Waals surface area contributed by atoms with Gasteiger partial charge in [-0.25, -0.2) is 0 Å². The van der Waals surface area contributed by atoms with Gasteiger partial charge in [0.05, 0.1) is 12.0 Å². The Hall–Kier alpha value is -2.28. The Balaban J connectivity index is 2.24. The molecule has 0 saturated carbocycles. The first-order valence-electron chi connectivity index (χ1n) is 6.33. The SMILES string of the molecule is CCN(C[C@@H](C)C#N)C(=O)c1cc2ccccc2o1. The minimum Gasteiger partial charge on any atom is -0.451 e. The number of carbonyl (C=O) groups is 1. The summed E-state index contributed by atoms with van der Waals surface area (Å²) >= 11 is 0. The lowest BCUT2D eigenvalue weighted by atomic mass is 10.2. The maximum absolute atomic E-state index is 12.3. The van der Waals surface area contributed by atoms with Gasteiger partial charge < -0.3 is 9.32 Å². The van der Waals surface area contributed by atoms with Gasteiger partial charge in [0.1, 0.15) is 5.58 Å². The van der Waals surface area contributed by atoms with Gasteiger partial charge in [0.2, 0.25) is 0 Å². The quantitative estimate of drug-likeness (QED) is 0.844. The van der Waals surface area contributed by atoms with Crippen molar-refractivity contribution in [2.75, 3.05) is 13.1 Å². The zero-order chi connectivity index (χ0) is 13.8. The van der Waals surface area contributed by atoms with Crippen molar-refractivity contribution < 1.29 is 9.21 Å². The van der Waals surface area contributed by atoms with E-state index in [9.17, 15) is 4.79 Å². The summed E-state index contributed by atoms with van der Waals surface area (Å²) in [5.74, 6) is -0.0257. The van der Waals surface area contributed by atoms with Crippen LogP contribution in [0.4, 0.5) is 0 Å². The first-order chi connectivity index (χ1) is 9.15. The van der Waals surface area contributed by atoms with E-state index < -0.39 is 0 Å². The highest BCUT2D eigenvalue weighted by atomic mass is 16.3. The van der Waals surface area contributed by atoms with Crippen molar-refractivity contribution >= 4 is 16.9 Å². The van der Waals surface area contributed by atoms with Crippen LogP contribution in [0.3, 0.4) is 0 Å². The Kier molecular flexibility index (Phi) is 3.86. The molecule has 2 rings (SSSR count). The number of benzene rings is 1. The molecule has 2 aromatic rings. The Labute approximate surface area is 112 Å². The van der Waals surface area contributed by atoms with Crippen LogP contribution >= 0.6 is 0 Å². The molecule has 0 fully saturated rings. The van der Waals surface area contributed by atoms with Crippen LogP contribution in [0.15, 0.2) is 34.7 Å². The largest absolute Gasteiger partial charge is 0.451 e. The second kappa shape index (κ2) is 5.57. The van der Waals surface area contributed by atoms with Crippen molar-refractivity contribution in [2.24, 2.45) is 5.92 Å². The van der Waals surface area contributed by atoms with Crippen LogP contribution in [0.2, 0.25) is 0 Å². The molecule has 0 spiro atoms. The number of furan rings is 1. The fourth-order valence-corrected chi connectivity index (χ4v) is 1.97. The van der Waals surface area contributed by atoms with E-state index in [0.29, 0.717) is 24.4 Å². The van der Waals surface area contributed by atoms with Gasteiger partial charge in [-0.05, 0) is 26.0 Å². The minimum atomic E-state index is -0.187. The van der Waals surface area contributed by atoms with Crippen molar-refractivity contribution in [1.82, 2.24) is 4.90 Å². The topological polar surface area (TPSA) is 57.2 Å². The summed E-state index contributed by atoms with van der Waals surface area (Å²) in [5.41, 5.74) is 0.704. The molecule has 0 aliphatic heterocycles. The lowest BCUT2D eigenvalue weighted by Crippen LogP contribution is -2.34. The first-order valence-corrected chi connectivity index (χ1v) is 6.33. The molecule has 1 amide bonds. The normalized spacial score (nSPS) is 12.1. The fraction of sp³-hybridized carbons (Fsp3) is 0.333. The lowest BCUT2D eigenvalue weighted by Gasteiger charge is -2.20. The van der Waals surface area contributed by atoms with E-state index in [4.69, 9.17) is 9.68 Å². The predicted octanol–water partition coefficient (Wildman–Crippen LogP) is 3.05. The third-order valence-corrected chi connectivity index (χ3v) is 3.02. The molecule has 0 unspecified atom stereocenters. The van der Waals surface area contributed by atoms with Crippen LogP contribution in [-0.4, -0.2) is 23.9 Å². The number of nitriles is 1. The lowest BCUT2D eigenvalue weighted by molar-refractivity contribution is 0.0723. The van der Waals surface area contributed by atoms with Crippen molar-refractivity contribution in [2.45, 2.75) is 13.8 Å². The molecular weight excluding hydrogens is 240 g/mol. The molecule has 98 valence electrons. The number of nitrogens with zero attached hydrogens (tertiary/aromatic N) is 2. The van der Waals surface area contributed by atoms with Crippen LogP contribution in [-0.2, 0) is 0 Å². The van der Waals surface area contributed by atoms with E-state index in [1.165, 1.54) is 0 Å². The van der Waals surface area contributed by atoms with Gasteiger partial charge in [-0.1, -0.05) is 18.2 Å². The van der Waals surface area contributed by atoms with Gasteiger partial charge in [0, 0.05) is 18.5 Å². The number of hydrogen-bond acceptors (Lipinski definition) is 3. The van der Waals surface area contributed by atoms with Crippen LogP contribution in [0.5, 0.6) is 0 Å².